The summed E-state index contributed by atoms with van der Waals surface area (Å²) in [6.07, 6.45) is 0.900. The second kappa shape index (κ2) is 6.55. The molecule has 2 N–H and O–H groups in total. The van der Waals surface area contributed by atoms with Crippen LogP contribution in [0.3, 0.4) is 0 Å². The Morgan fingerprint density at radius 2 is 1.96 bits per heavy atom. The van der Waals surface area contributed by atoms with Crippen molar-refractivity contribution < 1.29 is 13.2 Å². The number of anilines is 1. The van der Waals surface area contributed by atoms with Crippen molar-refractivity contribution in [3.63, 3.8) is 0 Å². The number of hydrogen-bond donors (Lipinski definition) is 2. The fraction of sp³-hybridized carbons (Fsp3) is 0.235. The molecule has 126 valence electrons. The van der Waals surface area contributed by atoms with Crippen LogP contribution in [0.5, 0.6) is 0 Å². The normalized spacial score (nSPS) is 15.5. The average molecular weight is 365 g/mol. The highest BCUT2D eigenvalue weighted by molar-refractivity contribution is 7.89. The number of aryl methyl sites for hydroxylation is 1. The zero-order chi connectivity index (χ0) is 17.3. The summed E-state index contributed by atoms with van der Waals surface area (Å²) in [4.78, 5) is 11.6. The predicted octanol–water partition coefficient (Wildman–Crippen LogP) is 3.26. The van der Waals surface area contributed by atoms with Gasteiger partial charge in [0, 0.05) is 23.2 Å². The molecule has 3 rings (SSSR count). The Morgan fingerprint density at radius 3 is 2.71 bits per heavy atom. The van der Waals surface area contributed by atoms with Gasteiger partial charge in [-0.05, 0) is 54.8 Å². The molecule has 7 heteroatoms. The van der Waals surface area contributed by atoms with Crippen LogP contribution in [0.15, 0.2) is 47.4 Å². The van der Waals surface area contributed by atoms with Crippen LogP contribution in [-0.4, -0.2) is 14.3 Å². The van der Waals surface area contributed by atoms with Crippen molar-refractivity contribution >= 4 is 33.2 Å². The predicted molar refractivity (Wildman–Crippen MR) is 93.6 cm³/mol. The van der Waals surface area contributed by atoms with Crippen molar-refractivity contribution in [1.82, 2.24) is 4.72 Å². The van der Waals surface area contributed by atoms with Crippen LogP contribution in [0.25, 0.3) is 0 Å². The van der Waals surface area contributed by atoms with Gasteiger partial charge in [-0.1, -0.05) is 23.7 Å². The van der Waals surface area contributed by atoms with Gasteiger partial charge in [-0.25, -0.2) is 13.1 Å². The maximum Gasteiger partial charge on any atom is 0.241 e. The maximum absolute atomic E-state index is 12.6. The number of carbonyl (C=O) groups is 1. The quantitative estimate of drug-likeness (QED) is 0.874. The summed E-state index contributed by atoms with van der Waals surface area (Å²) in [7, 11) is -3.67. The first-order valence-corrected chi connectivity index (χ1v) is 9.42. The number of rotatable bonds is 4. The largest absolute Gasteiger partial charge is 0.326 e. The fourth-order valence-corrected chi connectivity index (χ4v) is 4.15. The smallest absolute Gasteiger partial charge is 0.241 e. The van der Waals surface area contributed by atoms with Gasteiger partial charge in [-0.3, -0.25) is 4.79 Å². The molecule has 1 heterocycles. The van der Waals surface area contributed by atoms with E-state index < -0.39 is 16.1 Å². The van der Waals surface area contributed by atoms with Crippen LogP contribution in [0.1, 0.15) is 30.5 Å². The summed E-state index contributed by atoms with van der Waals surface area (Å²) in [6, 6.07) is 11.4. The Hall–Kier alpha value is -1.89. The van der Waals surface area contributed by atoms with E-state index in [0.717, 1.165) is 11.1 Å². The number of carbonyl (C=O) groups excluding carboxylic acids is 1. The minimum atomic E-state index is -3.67. The third-order valence-corrected chi connectivity index (χ3v) is 5.74. The van der Waals surface area contributed by atoms with E-state index in [1.165, 1.54) is 6.07 Å². The van der Waals surface area contributed by atoms with Gasteiger partial charge in [0.1, 0.15) is 0 Å². The average Bonchev–Trinajstić information content (AvgIpc) is 2.53. The Morgan fingerprint density at radius 1 is 1.17 bits per heavy atom. The monoisotopic (exact) mass is 364 g/mol. The van der Waals surface area contributed by atoms with Crippen molar-refractivity contribution in [3.05, 3.63) is 58.6 Å². The summed E-state index contributed by atoms with van der Waals surface area (Å²) in [5.74, 6) is -0.0502. The minimum Gasteiger partial charge on any atom is -0.326 e. The molecule has 5 nitrogen and oxygen atoms in total. The van der Waals surface area contributed by atoms with E-state index in [-0.39, 0.29) is 10.8 Å². The highest BCUT2D eigenvalue weighted by Crippen LogP contribution is 2.26. The molecule has 0 aliphatic carbocycles. The van der Waals surface area contributed by atoms with E-state index in [4.69, 9.17) is 11.6 Å². The second-order valence-electron chi connectivity index (χ2n) is 5.77. The molecule has 0 saturated carbocycles. The van der Waals surface area contributed by atoms with Crippen LogP contribution < -0.4 is 10.0 Å². The molecular weight excluding hydrogens is 348 g/mol. The number of hydrogen-bond acceptors (Lipinski definition) is 3. The standard InChI is InChI=1S/C17H17ClN2O3S/c1-11(12-3-2-4-14(18)9-12)20-24(22,23)15-6-7-16-13(10-15)5-8-17(21)19-16/h2-4,6-7,9-11,20H,5,8H2,1H3,(H,19,21). The van der Waals surface area contributed by atoms with Crippen LogP contribution >= 0.6 is 11.6 Å². The van der Waals surface area contributed by atoms with Gasteiger partial charge in [0.2, 0.25) is 15.9 Å². The van der Waals surface area contributed by atoms with Gasteiger partial charge >= 0.3 is 0 Å². The lowest BCUT2D eigenvalue weighted by atomic mass is 10.0. The van der Waals surface area contributed by atoms with Crippen LogP contribution in [-0.2, 0) is 21.2 Å². The van der Waals surface area contributed by atoms with Crippen LogP contribution in [0.2, 0.25) is 5.02 Å². The third kappa shape index (κ3) is 3.61. The number of benzene rings is 2. The molecule has 0 saturated heterocycles. The summed E-state index contributed by atoms with van der Waals surface area (Å²) in [5.41, 5.74) is 2.29. The molecule has 24 heavy (non-hydrogen) atoms. The molecule has 1 atom stereocenters. The van der Waals surface area contributed by atoms with Gasteiger partial charge in [0.25, 0.3) is 0 Å². The number of nitrogens with one attached hydrogen (secondary N) is 2. The molecule has 0 aromatic heterocycles. The molecule has 0 spiro atoms. The van der Waals surface area contributed by atoms with Crippen molar-refractivity contribution in [2.45, 2.75) is 30.7 Å². The van der Waals surface area contributed by atoms with Gasteiger partial charge in [0.15, 0.2) is 0 Å². The molecule has 1 unspecified atom stereocenters. The zero-order valence-electron chi connectivity index (χ0n) is 13.0. The van der Waals surface area contributed by atoms with Crippen molar-refractivity contribution in [2.24, 2.45) is 0 Å². The highest BCUT2D eigenvalue weighted by Gasteiger charge is 2.22. The van der Waals surface area contributed by atoms with Crippen molar-refractivity contribution in [1.29, 1.82) is 0 Å². The Balaban J connectivity index is 1.84. The van der Waals surface area contributed by atoms with E-state index in [9.17, 15) is 13.2 Å². The van der Waals surface area contributed by atoms with E-state index in [0.29, 0.717) is 23.6 Å². The molecule has 0 fully saturated rings. The van der Waals surface area contributed by atoms with Gasteiger partial charge in [0.05, 0.1) is 4.90 Å². The lowest BCUT2D eigenvalue weighted by molar-refractivity contribution is -0.116. The van der Waals surface area contributed by atoms with Crippen LogP contribution in [0.4, 0.5) is 5.69 Å². The van der Waals surface area contributed by atoms with Crippen LogP contribution in [0, 0.1) is 0 Å². The number of halogens is 1. The number of fused-ring (bicyclic) bond motifs is 1. The third-order valence-electron chi connectivity index (χ3n) is 3.96. The van der Waals surface area contributed by atoms with E-state index in [1.54, 1.807) is 37.3 Å². The molecule has 1 aliphatic heterocycles. The minimum absolute atomic E-state index is 0.0502. The second-order valence-corrected chi connectivity index (χ2v) is 7.92. The molecule has 1 aliphatic rings. The van der Waals surface area contributed by atoms with E-state index >= 15 is 0 Å². The zero-order valence-corrected chi connectivity index (χ0v) is 14.6. The SMILES string of the molecule is CC(NS(=O)(=O)c1ccc2c(c1)CCC(=O)N2)c1cccc(Cl)c1. The molecule has 2 aromatic rings. The van der Waals surface area contributed by atoms with Crippen molar-refractivity contribution in [2.75, 3.05) is 5.32 Å². The van der Waals surface area contributed by atoms with Gasteiger partial charge < -0.3 is 5.32 Å². The van der Waals surface area contributed by atoms with E-state index in [1.807, 2.05) is 6.07 Å². The van der Waals surface area contributed by atoms with Crippen molar-refractivity contribution in [3.8, 4) is 0 Å². The van der Waals surface area contributed by atoms with Gasteiger partial charge in [-0.15, -0.1) is 0 Å². The summed E-state index contributed by atoms with van der Waals surface area (Å²) < 4.78 is 27.9. The molecule has 0 bridgehead atoms. The summed E-state index contributed by atoms with van der Waals surface area (Å²) in [5, 5.41) is 3.30. The summed E-state index contributed by atoms with van der Waals surface area (Å²) >= 11 is 5.96. The fourth-order valence-electron chi connectivity index (χ4n) is 2.67. The van der Waals surface area contributed by atoms with E-state index in [2.05, 4.69) is 10.0 Å². The molecular formula is C17H17ClN2O3S. The molecule has 0 radical (unpaired) electrons. The first kappa shape index (κ1) is 17.0. The maximum atomic E-state index is 12.6. The molecule has 1 amide bonds. The first-order valence-electron chi connectivity index (χ1n) is 7.56. The number of amides is 1. The van der Waals surface area contributed by atoms with Gasteiger partial charge in [-0.2, -0.15) is 0 Å². The highest BCUT2D eigenvalue weighted by atomic mass is 35.5. The summed E-state index contributed by atoms with van der Waals surface area (Å²) in [6.45, 7) is 1.77. The topological polar surface area (TPSA) is 75.3 Å². The Labute approximate surface area is 146 Å². The first-order chi connectivity index (χ1) is 11.3. The lowest BCUT2D eigenvalue weighted by Gasteiger charge is -2.19. The Bertz CT molecular complexity index is 896. The number of sulfonamides is 1. The lowest BCUT2D eigenvalue weighted by Crippen LogP contribution is -2.27. The molecule has 2 aromatic carbocycles. The Kier molecular flexibility index (Phi) is 4.62.